The summed E-state index contributed by atoms with van der Waals surface area (Å²) in [5.41, 5.74) is 6.08. The number of aromatic nitrogens is 2. The van der Waals surface area contributed by atoms with Gasteiger partial charge in [0.25, 0.3) is 5.91 Å². The number of likely N-dealkylation sites (N-methyl/N-ethyl adjacent to an activating group) is 1. The SMILES string of the molecule is CO[C@]1(C)C(=O)N(C)c2cc3nc(C)nc(NC(C)c4cc(N)cc(C(F)(F)F)c4)c3cc21. The molecule has 4 rings (SSSR count). The number of hydrogen-bond acceptors (Lipinski definition) is 6. The number of methoxy groups -OCH3 is 1. The molecule has 2 atom stereocenters. The number of benzene rings is 2. The number of fused-ring (bicyclic) bond motifs is 2. The maximum absolute atomic E-state index is 13.3. The Morgan fingerprint density at radius 3 is 2.52 bits per heavy atom. The highest BCUT2D eigenvalue weighted by Crippen LogP contribution is 2.44. The molecule has 1 aromatic heterocycles. The normalized spacial score (nSPS) is 19.2. The number of rotatable bonds is 4. The molecule has 1 aliphatic rings. The minimum absolute atomic E-state index is 0.0208. The number of anilines is 3. The van der Waals surface area contributed by atoms with Gasteiger partial charge in [-0.05, 0) is 56.7 Å². The number of ether oxygens (including phenoxy) is 1. The van der Waals surface area contributed by atoms with Gasteiger partial charge in [0.2, 0.25) is 0 Å². The zero-order valence-electron chi connectivity index (χ0n) is 18.8. The van der Waals surface area contributed by atoms with Crippen LogP contribution >= 0.6 is 0 Å². The van der Waals surface area contributed by atoms with E-state index in [0.29, 0.717) is 39.4 Å². The summed E-state index contributed by atoms with van der Waals surface area (Å²) >= 11 is 0. The number of aryl methyl sites for hydroxylation is 1. The van der Waals surface area contributed by atoms with Gasteiger partial charge in [-0.15, -0.1) is 0 Å². The molecule has 3 aromatic rings. The van der Waals surface area contributed by atoms with E-state index in [-0.39, 0.29) is 11.6 Å². The quantitative estimate of drug-likeness (QED) is 0.556. The van der Waals surface area contributed by atoms with Crippen LogP contribution in [0.4, 0.5) is 30.4 Å². The van der Waals surface area contributed by atoms with E-state index in [0.717, 1.165) is 12.1 Å². The van der Waals surface area contributed by atoms with Crippen LogP contribution in [-0.2, 0) is 21.3 Å². The van der Waals surface area contributed by atoms with Gasteiger partial charge in [-0.1, -0.05) is 0 Å². The molecule has 0 aliphatic carbocycles. The Hall–Kier alpha value is -3.40. The number of amides is 1. The van der Waals surface area contributed by atoms with Crippen LogP contribution in [-0.4, -0.2) is 30.0 Å². The second kappa shape index (κ2) is 7.58. The van der Waals surface area contributed by atoms with Crippen molar-refractivity contribution in [2.24, 2.45) is 0 Å². The second-order valence-corrected chi connectivity index (χ2v) is 8.36. The molecule has 3 N–H and O–H groups in total. The minimum Gasteiger partial charge on any atom is -0.399 e. The van der Waals surface area contributed by atoms with Gasteiger partial charge in [0.05, 0.1) is 22.8 Å². The zero-order chi connectivity index (χ0) is 24.3. The van der Waals surface area contributed by atoms with Crippen molar-refractivity contribution >= 4 is 34.0 Å². The number of hydrogen-bond donors (Lipinski definition) is 2. The van der Waals surface area contributed by atoms with Crippen LogP contribution in [0.1, 0.15) is 42.4 Å². The Morgan fingerprint density at radius 1 is 1.18 bits per heavy atom. The molecule has 0 spiro atoms. The van der Waals surface area contributed by atoms with Crippen LogP contribution < -0.4 is 16.0 Å². The molecule has 2 aromatic carbocycles. The van der Waals surface area contributed by atoms with Gasteiger partial charge >= 0.3 is 6.18 Å². The molecule has 7 nitrogen and oxygen atoms in total. The summed E-state index contributed by atoms with van der Waals surface area (Å²) in [4.78, 5) is 23.3. The molecule has 1 unspecified atom stereocenters. The summed E-state index contributed by atoms with van der Waals surface area (Å²) in [6.45, 7) is 5.14. The number of carbonyl (C=O) groups excluding carboxylic acids is 1. The van der Waals surface area contributed by atoms with E-state index in [4.69, 9.17) is 10.5 Å². The number of halogens is 3. The summed E-state index contributed by atoms with van der Waals surface area (Å²) in [6.07, 6.45) is -4.51. The smallest absolute Gasteiger partial charge is 0.399 e. The highest BCUT2D eigenvalue weighted by Gasteiger charge is 2.47. The lowest BCUT2D eigenvalue weighted by molar-refractivity contribution is -0.138. The molecule has 33 heavy (non-hydrogen) atoms. The fraction of sp³-hybridized carbons (Fsp3) is 0.348. The summed E-state index contributed by atoms with van der Waals surface area (Å²) in [5, 5.41) is 3.82. The van der Waals surface area contributed by atoms with E-state index in [1.54, 1.807) is 40.0 Å². The molecular formula is C23H24F3N5O2. The molecule has 2 heterocycles. The molecular weight excluding hydrogens is 435 g/mol. The van der Waals surface area contributed by atoms with E-state index >= 15 is 0 Å². The zero-order valence-corrected chi connectivity index (χ0v) is 18.8. The standard InChI is InChI=1S/C23H24F3N5O2/c1-11(13-6-14(23(24,25)26)8-15(27)7-13)28-20-16-9-17-19(10-18(16)29-12(2)30-20)31(4)21(32)22(17,3)33-5/h6-11H,27H2,1-5H3,(H,28,29,30)/t11?,22-/m0/s1. The molecule has 0 saturated carbocycles. The number of nitrogen functional groups attached to an aromatic ring is 1. The molecule has 0 bridgehead atoms. The van der Waals surface area contributed by atoms with Crippen molar-refractivity contribution in [3.05, 3.63) is 52.8 Å². The number of nitrogens with zero attached hydrogens (tertiary/aromatic N) is 3. The van der Waals surface area contributed by atoms with Gasteiger partial charge in [-0.2, -0.15) is 13.2 Å². The highest BCUT2D eigenvalue weighted by molar-refractivity contribution is 6.09. The number of carbonyl (C=O) groups is 1. The van der Waals surface area contributed by atoms with Crippen molar-refractivity contribution < 1.29 is 22.7 Å². The van der Waals surface area contributed by atoms with E-state index < -0.39 is 23.4 Å². The van der Waals surface area contributed by atoms with Crippen molar-refractivity contribution in [3.63, 3.8) is 0 Å². The predicted octanol–water partition coefficient (Wildman–Crippen LogP) is 4.55. The van der Waals surface area contributed by atoms with Crippen molar-refractivity contribution in [1.29, 1.82) is 0 Å². The van der Waals surface area contributed by atoms with Crippen LogP contribution in [0.2, 0.25) is 0 Å². The number of alkyl halides is 3. The Morgan fingerprint density at radius 2 is 1.88 bits per heavy atom. The molecule has 1 aliphatic heterocycles. The van der Waals surface area contributed by atoms with Crippen LogP contribution in [0.15, 0.2) is 30.3 Å². The van der Waals surface area contributed by atoms with E-state index in [1.165, 1.54) is 18.1 Å². The largest absolute Gasteiger partial charge is 0.416 e. The fourth-order valence-corrected chi connectivity index (χ4v) is 4.17. The van der Waals surface area contributed by atoms with Crippen molar-refractivity contribution in [3.8, 4) is 0 Å². The molecule has 0 fully saturated rings. The average Bonchev–Trinajstić information content (AvgIpc) is 2.92. The van der Waals surface area contributed by atoms with Crippen molar-refractivity contribution in [2.75, 3.05) is 30.1 Å². The van der Waals surface area contributed by atoms with Crippen LogP contribution in [0.3, 0.4) is 0 Å². The summed E-state index contributed by atoms with van der Waals surface area (Å²) in [5.74, 6) is 0.703. The van der Waals surface area contributed by atoms with Crippen LogP contribution in [0, 0.1) is 6.92 Å². The first-order chi connectivity index (χ1) is 15.3. The Kier molecular flexibility index (Phi) is 5.24. The van der Waals surface area contributed by atoms with Gasteiger partial charge in [-0.25, -0.2) is 9.97 Å². The maximum atomic E-state index is 13.3. The third-order valence-electron chi connectivity index (χ3n) is 6.08. The molecule has 174 valence electrons. The van der Waals surface area contributed by atoms with E-state index in [2.05, 4.69) is 15.3 Å². The molecule has 0 saturated heterocycles. The summed E-state index contributed by atoms with van der Waals surface area (Å²) in [6, 6.07) is 6.51. The van der Waals surface area contributed by atoms with Gasteiger partial charge in [-0.3, -0.25) is 4.79 Å². The predicted molar refractivity (Wildman–Crippen MR) is 120 cm³/mol. The molecule has 10 heteroatoms. The van der Waals surface area contributed by atoms with Gasteiger partial charge in [0.1, 0.15) is 11.6 Å². The first-order valence-corrected chi connectivity index (χ1v) is 10.3. The second-order valence-electron chi connectivity index (χ2n) is 8.36. The first kappa shape index (κ1) is 22.8. The lowest BCUT2D eigenvalue weighted by atomic mass is 9.95. The molecule has 0 radical (unpaired) electrons. The Labute approximate surface area is 188 Å². The number of nitrogens with two attached hydrogens (primary N) is 1. The Balaban J connectivity index is 1.81. The third-order valence-corrected chi connectivity index (χ3v) is 6.08. The fourth-order valence-electron chi connectivity index (χ4n) is 4.17. The van der Waals surface area contributed by atoms with Crippen molar-refractivity contribution in [1.82, 2.24) is 9.97 Å². The lowest BCUT2D eigenvalue weighted by Crippen LogP contribution is -2.37. The lowest BCUT2D eigenvalue weighted by Gasteiger charge is -2.22. The van der Waals surface area contributed by atoms with Crippen LogP contribution in [0.25, 0.3) is 10.9 Å². The minimum atomic E-state index is -4.51. The maximum Gasteiger partial charge on any atom is 0.416 e. The Bertz CT molecular complexity index is 1280. The van der Waals surface area contributed by atoms with Gasteiger partial charge in [0, 0.05) is 30.8 Å². The average molecular weight is 459 g/mol. The van der Waals surface area contributed by atoms with Gasteiger partial charge in [0.15, 0.2) is 5.60 Å². The highest BCUT2D eigenvalue weighted by atomic mass is 19.4. The number of nitrogens with one attached hydrogen (secondary N) is 1. The third kappa shape index (κ3) is 3.74. The summed E-state index contributed by atoms with van der Waals surface area (Å²) < 4.78 is 45.3. The van der Waals surface area contributed by atoms with E-state index in [1.807, 2.05) is 0 Å². The monoisotopic (exact) mass is 459 g/mol. The first-order valence-electron chi connectivity index (χ1n) is 10.3. The van der Waals surface area contributed by atoms with Crippen molar-refractivity contribution in [2.45, 2.75) is 38.6 Å². The van der Waals surface area contributed by atoms with Gasteiger partial charge < -0.3 is 20.7 Å². The van der Waals surface area contributed by atoms with E-state index in [9.17, 15) is 18.0 Å². The van der Waals surface area contributed by atoms with Crippen LogP contribution in [0.5, 0.6) is 0 Å². The molecule has 1 amide bonds. The summed E-state index contributed by atoms with van der Waals surface area (Å²) in [7, 11) is 3.14. The topological polar surface area (TPSA) is 93.4 Å².